The van der Waals surface area contributed by atoms with Gasteiger partial charge in [0.1, 0.15) is 0 Å². The fourth-order valence-electron chi connectivity index (χ4n) is 1.95. The minimum atomic E-state index is -0.511. The molecule has 0 aliphatic carbocycles. The summed E-state index contributed by atoms with van der Waals surface area (Å²) < 4.78 is 15.7. The van der Waals surface area contributed by atoms with Gasteiger partial charge in [-0.25, -0.2) is 4.79 Å². The topological polar surface area (TPSA) is 98.5 Å². The van der Waals surface area contributed by atoms with Crippen molar-refractivity contribution in [3.8, 4) is 23.0 Å². The number of benzene rings is 1. The number of methoxy groups -OCH3 is 2. The van der Waals surface area contributed by atoms with Crippen LogP contribution in [0, 0.1) is 0 Å². The number of ether oxygens (including phenoxy) is 2. The van der Waals surface area contributed by atoms with Crippen LogP contribution in [-0.2, 0) is 0 Å². The van der Waals surface area contributed by atoms with Gasteiger partial charge >= 0.3 is 12.0 Å². The first kappa shape index (κ1) is 15.8. The smallest absolute Gasteiger partial charge is 0.327 e. The normalized spacial score (nSPS) is 10.2. The number of anilines is 2. The van der Waals surface area contributed by atoms with Crippen LogP contribution in [0.25, 0.3) is 11.5 Å². The Labute approximate surface area is 141 Å². The summed E-state index contributed by atoms with van der Waals surface area (Å²) in [4.78, 5) is 12.0. The maximum Gasteiger partial charge on any atom is 0.327 e. The highest BCUT2D eigenvalue weighted by atomic mass is 32.1. The number of nitrogens with zero attached hydrogens (tertiary/aromatic N) is 2. The fraction of sp³-hybridized carbons (Fsp3) is 0.133. The molecule has 0 atom stereocenters. The molecule has 1 aromatic carbocycles. The zero-order valence-corrected chi connectivity index (χ0v) is 13.7. The number of hydrogen-bond donors (Lipinski definition) is 2. The highest BCUT2D eigenvalue weighted by molar-refractivity contribution is 7.08. The number of thiophene rings is 1. The summed E-state index contributed by atoms with van der Waals surface area (Å²) in [6.45, 7) is 0. The quantitative estimate of drug-likeness (QED) is 0.734. The van der Waals surface area contributed by atoms with E-state index in [1.165, 1.54) is 25.6 Å². The first-order chi connectivity index (χ1) is 11.7. The molecule has 3 aromatic rings. The number of amides is 2. The molecule has 0 radical (unpaired) electrons. The van der Waals surface area contributed by atoms with Gasteiger partial charge in [-0.2, -0.15) is 11.3 Å². The zero-order valence-electron chi connectivity index (χ0n) is 12.9. The summed E-state index contributed by atoms with van der Waals surface area (Å²) in [5.41, 5.74) is 1.34. The van der Waals surface area contributed by atoms with E-state index in [0.29, 0.717) is 23.1 Å². The molecule has 124 valence electrons. The molecule has 2 N–H and O–H groups in total. The van der Waals surface area contributed by atoms with Gasteiger partial charge in [-0.3, -0.25) is 5.32 Å². The molecule has 2 aromatic heterocycles. The van der Waals surface area contributed by atoms with Gasteiger partial charge in [-0.15, -0.1) is 5.10 Å². The fourth-order valence-corrected chi connectivity index (χ4v) is 2.58. The average molecular weight is 346 g/mol. The molecule has 0 aliphatic heterocycles. The number of carbonyl (C=O) groups is 1. The van der Waals surface area contributed by atoms with Crippen molar-refractivity contribution in [2.75, 3.05) is 24.9 Å². The third-order valence-electron chi connectivity index (χ3n) is 3.05. The number of carbonyl (C=O) groups excluding carboxylic acids is 1. The third kappa shape index (κ3) is 3.46. The van der Waals surface area contributed by atoms with Crippen molar-refractivity contribution < 1.29 is 18.7 Å². The Balaban J connectivity index is 1.65. The molecule has 2 amide bonds. The summed E-state index contributed by atoms with van der Waals surface area (Å²) >= 11 is 1.52. The van der Waals surface area contributed by atoms with Crippen LogP contribution in [-0.4, -0.2) is 30.4 Å². The maximum atomic E-state index is 12.0. The summed E-state index contributed by atoms with van der Waals surface area (Å²) in [6.07, 6.45) is 0. The second kappa shape index (κ2) is 7.01. The Hall–Kier alpha value is -3.07. The summed E-state index contributed by atoms with van der Waals surface area (Å²) in [5.74, 6) is 1.42. The van der Waals surface area contributed by atoms with E-state index in [2.05, 4.69) is 20.8 Å². The largest absolute Gasteiger partial charge is 0.493 e. The Morgan fingerprint density at radius 3 is 2.67 bits per heavy atom. The van der Waals surface area contributed by atoms with Gasteiger partial charge in [0.2, 0.25) is 0 Å². The van der Waals surface area contributed by atoms with Crippen molar-refractivity contribution >= 4 is 29.1 Å². The summed E-state index contributed by atoms with van der Waals surface area (Å²) in [7, 11) is 3.06. The molecule has 2 heterocycles. The second-order valence-electron chi connectivity index (χ2n) is 4.57. The van der Waals surface area contributed by atoms with Crippen LogP contribution in [0.1, 0.15) is 0 Å². The molecule has 0 fully saturated rings. The third-order valence-corrected chi connectivity index (χ3v) is 3.74. The molecule has 8 nitrogen and oxygen atoms in total. The lowest BCUT2D eigenvalue weighted by molar-refractivity contribution is 0.261. The SMILES string of the molecule is COc1ccc(NC(=O)Nc2nnc(-c3ccsc3)o2)cc1OC. The Kier molecular flexibility index (Phi) is 4.62. The van der Waals surface area contributed by atoms with Crippen molar-refractivity contribution in [2.45, 2.75) is 0 Å². The van der Waals surface area contributed by atoms with E-state index in [1.807, 2.05) is 16.8 Å². The minimum absolute atomic E-state index is 0.00850. The molecular weight excluding hydrogens is 332 g/mol. The lowest BCUT2D eigenvalue weighted by atomic mass is 10.3. The molecule has 0 saturated carbocycles. The number of hydrogen-bond acceptors (Lipinski definition) is 7. The first-order valence-corrected chi connectivity index (χ1v) is 7.80. The number of aromatic nitrogens is 2. The molecule has 0 unspecified atom stereocenters. The summed E-state index contributed by atoms with van der Waals surface area (Å²) in [5, 5.41) is 16.6. The predicted molar refractivity (Wildman–Crippen MR) is 89.8 cm³/mol. The van der Waals surface area contributed by atoms with E-state index < -0.39 is 6.03 Å². The zero-order chi connectivity index (χ0) is 16.9. The van der Waals surface area contributed by atoms with Gasteiger partial charge in [0.05, 0.1) is 14.2 Å². The van der Waals surface area contributed by atoms with Crippen molar-refractivity contribution in [2.24, 2.45) is 0 Å². The monoisotopic (exact) mass is 346 g/mol. The summed E-state index contributed by atoms with van der Waals surface area (Å²) in [6, 6.07) is 6.37. The molecule has 3 rings (SSSR count). The maximum absolute atomic E-state index is 12.0. The first-order valence-electron chi connectivity index (χ1n) is 6.85. The van der Waals surface area contributed by atoms with Crippen LogP contribution < -0.4 is 20.1 Å². The van der Waals surface area contributed by atoms with Gasteiger partial charge < -0.3 is 19.2 Å². The van der Waals surface area contributed by atoms with Crippen LogP contribution in [0.5, 0.6) is 11.5 Å². The predicted octanol–water partition coefficient (Wildman–Crippen LogP) is 3.46. The van der Waals surface area contributed by atoms with E-state index in [1.54, 1.807) is 18.2 Å². The van der Waals surface area contributed by atoms with Crippen LogP contribution >= 0.6 is 11.3 Å². The Bertz CT molecular complexity index is 832. The molecule has 0 saturated heterocycles. The molecule has 0 spiro atoms. The van der Waals surface area contributed by atoms with Crippen LogP contribution in [0.2, 0.25) is 0 Å². The van der Waals surface area contributed by atoms with Gasteiger partial charge in [0.25, 0.3) is 5.89 Å². The van der Waals surface area contributed by atoms with Gasteiger partial charge in [-0.05, 0) is 23.6 Å². The lowest BCUT2D eigenvalue weighted by Crippen LogP contribution is -2.19. The highest BCUT2D eigenvalue weighted by Gasteiger charge is 2.12. The van der Waals surface area contributed by atoms with Gasteiger partial charge in [-0.1, -0.05) is 5.10 Å². The van der Waals surface area contributed by atoms with Crippen molar-refractivity contribution in [3.63, 3.8) is 0 Å². The number of rotatable bonds is 5. The van der Waals surface area contributed by atoms with Crippen LogP contribution in [0.3, 0.4) is 0 Å². The standard InChI is InChI=1S/C15H14N4O4S/c1-21-11-4-3-10(7-12(11)22-2)16-14(20)17-15-19-18-13(23-15)9-5-6-24-8-9/h3-8H,1-2H3,(H2,16,17,19,20). The molecule has 0 bridgehead atoms. The minimum Gasteiger partial charge on any atom is -0.493 e. The highest BCUT2D eigenvalue weighted by Crippen LogP contribution is 2.29. The van der Waals surface area contributed by atoms with E-state index in [9.17, 15) is 4.79 Å². The van der Waals surface area contributed by atoms with Crippen LogP contribution in [0.4, 0.5) is 16.5 Å². The lowest BCUT2D eigenvalue weighted by Gasteiger charge is -2.10. The van der Waals surface area contributed by atoms with Crippen molar-refractivity contribution in [1.82, 2.24) is 10.2 Å². The molecule has 24 heavy (non-hydrogen) atoms. The van der Waals surface area contributed by atoms with Crippen LogP contribution in [0.15, 0.2) is 39.4 Å². The molecular formula is C15H14N4O4S. The molecule has 9 heteroatoms. The van der Waals surface area contributed by atoms with E-state index >= 15 is 0 Å². The number of urea groups is 1. The number of nitrogens with one attached hydrogen (secondary N) is 2. The second-order valence-corrected chi connectivity index (χ2v) is 5.35. The van der Waals surface area contributed by atoms with E-state index in [4.69, 9.17) is 13.9 Å². The molecule has 0 aliphatic rings. The van der Waals surface area contributed by atoms with Crippen molar-refractivity contribution in [1.29, 1.82) is 0 Å². The van der Waals surface area contributed by atoms with Gasteiger partial charge in [0, 0.05) is 22.7 Å². The Morgan fingerprint density at radius 1 is 1.12 bits per heavy atom. The van der Waals surface area contributed by atoms with Gasteiger partial charge in [0.15, 0.2) is 11.5 Å². The van der Waals surface area contributed by atoms with Crippen molar-refractivity contribution in [3.05, 3.63) is 35.0 Å². The van der Waals surface area contributed by atoms with E-state index in [-0.39, 0.29) is 6.01 Å². The Morgan fingerprint density at radius 2 is 1.96 bits per heavy atom. The van der Waals surface area contributed by atoms with E-state index in [0.717, 1.165) is 5.56 Å². The average Bonchev–Trinajstić information content (AvgIpc) is 3.25.